The lowest BCUT2D eigenvalue weighted by Gasteiger charge is -2.29. The van der Waals surface area contributed by atoms with E-state index in [1.807, 2.05) is 42.5 Å². The van der Waals surface area contributed by atoms with Crippen molar-refractivity contribution in [2.45, 2.75) is 5.54 Å². The van der Waals surface area contributed by atoms with E-state index in [1.165, 1.54) is 18.5 Å². The summed E-state index contributed by atoms with van der Waals surface area (Å²) >= 11 is 0. The number of nitrogens with two attached hydrogens (primary N) is 1. The minimum Gasteiger partial charge on any atom is -0.383 e. The van der Waals surface area contributed by atoms with Crippen LogP contribution in [0, 0.1) is 11.9 Å². The Balaban J connectivity index is 1.81. The van der Waals surface area contributed by atoms with Crippen LogP contribution in [0.15, 0.2) is 90.2 Å². The van der Waals surface area contributed by atoms with E-state index in [0.29, 0.717) is 22.5 Å². The summed E-state index contributed by atoms with van der Waals surface area (Å²) in [4.78, 5) is 12.2. The number of benzene rings is 2. The van der Waals surface area contributed by atoms with E-state index in [2.05, 4.69) is 9.97 Å². The zero-order valence-electron chi connectivity index (χ0n) is 15.8. The molecule has 4 aromatic rings. The van der Waals surface area contributed by atoms with Crippen molar-refractivity contribution in [2.24, 2.45) is 10.7 Å². The Morgan fingerprint density at radius 2 is 1.53 bits per heavy atom. The molecule has 0 radical (unpaired) electrons. The molecule has 0 fully saturated rings. The number of pyridine rings is 2. The predicted molar refractivity (Wildman–Crippen MR) is 111 cm³/mol. The minimum absolute atomic E-state index is 0.362. The summed E-state index contributed by atoms with van der Waals surface area (Å²) in [5.41, 5.74) is 9.17. The molecule has 30 heavy (non-hydrogen) atoms. The van der Waals surface area contributed by atoms with E-state index in [1.54, 1.807) is 24.3 Å². The summed E-state index contributed by atoms with van der Waals surface area (Å²) in [5, 5.41) is 0. The van der Waals surface area contributed by atoms with Gasteiger partial charge in [0.15, 0.2) is 0 Å². The molecular formula is C24H16F2N4. The first-order valence-electron chi connectivity index (χ1n) is 9.38. The van der Waals surface area contributed by atoms with E-state index < -0.39 is 17.4 Å². The number of hydrogen-bond acceptors (Lipinski definition) is 4. The molecule has 2 N–H and O–H groups in total. The number of aromatic nitrogens is 2. The van der Waals surface area contributed by atoms with Gasteiger partial charge in [-0.15, -0.1) is 0 Å². The fourth-order valence-corrected chi connectivity index (χ4v) is 4.07. The Morgan fingerprint density at radius 1 is 0.733 bits per heavy atom. The van der Waals surface area contributed by atoms with Gasteiger partial charge in [-0.05, 0) is 52.6 Å². The molecule has 0 spiro atoms. The molecule has 0 saturated carbocycles. The second kappa shape index (κ2) is 6.84. The normalized spacial score (nSPS) is 17.5. The summed E-state index contributed by atoms with van der Waals surface area (Å²) in [6.45, 7) is 0. The minimum atomic E-state index is -1.07. The van der Waals surface area contributed by atoms with E-state index in [4.69, 9.17) is 10.7 Å². The average Bonchev–Trinajstić information content (AvgIpc) is 3.08. The van der Waals surface area contributed by atoms with Gasteiger partial charge in [-0.1, -0.05) is 42.5 Å². The van der Waals surface area contributed by atoms with Crippen molar-refractivity contribution in [3.8, 4) is 11.1 Å². The zero-order chi connectivity index (χ0) is 20.7. The zero-order valence-corrected chi connectivity index (χ0v) is 15.8. The first-order chi connectivity index (χ1) is 14.6. The summed E-state index contributed by atoms with van der Waals surface area (Å²) in [7, 11) is 0. The quantitative estimate of drug-likeness (QED) is 0.519. The van der Waals surface area contributed by atoms with Gasteiger partial charge >= 0.3 is 0 Å². The predicted octanol–water partition coefficient (Wildman–Crippen LogP) is 4.43. The highest BCUT2D eigenvalue weighted by Gasteiger charge is 2.43. The maximum absolute atomic E-state index is 14.3. The van der Waals surface area contributed by atoms with Gasteiger partial charge in [0.2, 0.25) is 11.9 Å². The average molecular weight is 398 g/mol. The maximum atomic E-state index is 14.3. The Hall–Kier alpha value is -3.93. The first kappa shape index (κ1) is 18.1. The van der Waals surface area contributed by atoms with Gasteiger partial charge in [-0.2, -0.15) is 8.78 Å². The molecule has 6 heteroatoms. The number of hydrogen-bond donors (Lipinski definition) is 1. The molecule has 3 heterocycles. The van der Waals surface area contributed by atoms with E-state index in [9.17, 15) is 8.78 Å². The molecule has 2 aromatic carbocycles. The van der Waals surface area contributed by atoms with Gasteiger partial charge < -0.3 is 5.73 Å². The van der Waals surface area contributed by atoms with Crippen LogP contribution in [0.5, 0.6) is 0 Å². The fourth-order valence-electron chi connectivity index (χ4n) is 4.07. The van der Waals surface area contributed by atoms with Gasteiger partial charge in [-0.3, -0.25) is 0 Å². The number of amidine groups is 1. The van der Waals surface area contributed by atoms with Crippen LogP contribution in [0.1, 0.15) is 22.3 Å². The van der Waals surface area contributed by atoms with E-state index in [-0.39, 0.29) is 0 Å². The van der Waals surface area contributed by atoms with Gasteiger partial charge in [0, 0.05) is 23.5 Å². The second-order valence-electron chi connectivity index (χ2n) is 7.04. The van der Waals surface area contributed by atoms with Crippen molar-refractivity contribution in [1.82, 2.24) is 9.97 Å². The highest BCUT2D eigenvalue weighted by atomic mass is 19.1. The lowest BCUT2D eigenvalue weighted by atomic mass is 9.77. The van der Waals surface area contributed by atoms with Crippen LogP contribution < -0.4 is 5.73 Å². The summed E-state index contributed by atoms with van der Waals surface area (Å²) in [6.07, 6.45) is 2.81. The van der Waals surface area contributed by atoms with Gasteiger partial charge in [0.05, 0.1) is 0 Å². The van der Waals surface area contributed by atoms with Crippen LogP contribution in [0.2, 0.25) is 0 Å². The van der Waals surface area contributed by atoms with Gasteiger partial charge in [-0.25, -0.2) is 15.0 Å². The first-order valence-corrected chi connectivity index (χ1v) is 9.38. The highest BCUT2D eigenvalue weighted by molar-refractivity contribution is 6.03. The third kappa shape index (κ3) is 2.69. The van der Waals surface area contributed by atoms with Crippen LogP contribution in [0.4, 0.5) is 8.78 Å². The third-order valence-corrected chi connectivity index (χ3v) is 5.38. The lowest BCUT2D eigenvalue weighted by Crippen LogP contribution is -2.25. The molecule has 146 valence electrons. The molecule has 0 bridgehead atoms. The van der Waals surface area contributed by atoms with Crippen molar-refractivity contribution in [3.05, 3.63) is 119 Å². The number of rotatable bonds is 3. The lowest BCUT2D eigenvalue weighted by molar-refractivity contribution is 0.571. The summed E-state index contributed by atoms with van der Waals surface area (Å²) in [5.74, 6) is -0.811. The van der Waals surface area contributed by atoms with Crippen molar-refractivity contribution < 1.29 is 8.78 Å². The smallest absolute Gasteiger partial charge is 0.220 e. The molecule has 4 nitrogen and oxygen atoms in total. The fraction of sp³-hybridized carbons (Fsp3) is 0.0417. The second-order valence-corrected chi connectivity index (χ2v) is 7.04. The Kier molecular flexibility index (Phi) is 4.13. The van der Waals surface area contributed by atoms with Crippen molar-refractivity contribution in [3.63, 3.8) is 0 Å². The highest BCUT2D eigenvalue weighted by Crippen LogP contribution is 2.46. The number of nitrogens with zero attached hydrogens (tertiary/aromatic N) is 3. The molecule has 0 amide bonds. The summed E-state index contributed by atoms with van der Waals surface area (Å²) in [6, 6.07) is 21.4. The van der Waals surface area contributed by atoms with Crippen LogP contribution in [0.3, 0.4) is 0 Å². The molecule has 0 aliphatic carbocycles. The molecule has 1 aliphatic heterocycles. The molecule has 2 aromatic heterocycles. The summed E-state index contributed by atoms with van der Waals surface area (Å²) < 4.78 is 28.5. The van der Waals surface area contributed by atoms with Gasteiger partial charge in [0.25, 0.3) is 0 Å². The van der Waals surface area contributed by atoms with Gasteiger partial charge in [0.1, 0.15) is 11.4 Å². The number of halogens is 2. The van der Waals surface area contributed by atoms with Crippen LogP contribution in [-0.2, 0) is 5.54 Å². The maximum Gasteiger partial charge on any atom is 0.220 e. The molecule has 0 saturated heterocycles. The Labute approximate surface area is 171 Å². The topological polar surface area (TPSA) is 64.2 Å². The number of aliphatic imine (C=N–C) groups is 1. The van der Waals surface area contributed by atoms with Crippen LogP contribution >= 0.6 is 0 Å². The van der Waals surface area contributed by atoms with E-state index in [0.717, 1.165) is 16.7 Å². The monoisotopic (exact) mass is 398 g/mol. The molecule has 1 atom stereocenters. The SMILES string of the molecule is NC1=NC(c2cccc(-c3cccnc3F)c2)(c2ccnc(F)c2)c2ccccc21. The largest absolute Gasteiger partial charge is 0.383 e. The Bertz CT molecular complexity index is 1300. The van der Waals surface area contributed by atoms with Crippen molar-refractivity contribution >= 4 is 5.84 Å². The third-order valence-electron chi connectivity index (χ3n) is 5.38. The molecule has 1 aliphatic rings. The number of fused-ring (bicyclic) bond motifs is 1. The molecule has 5 rings (SSSR count). The standard InChI is InChI=1S/C24H16F2N4/c25-21-14-17(10-12-28-21)24(20-9-2-1-7-19(20)23(27)30-24)16-6-3-5-15(13-16)18-8-4-11-29-22(18)26/h1-14H,(H2,27,30). The Morgan fingerprint density at radius 3 is 2.37 bits per heavy atom. The molecule has 1 unspecified atom stereocenters. The van der Waals surface area contributed by atoms with Crippen molar-refractivity contribution in [2.75, 3.05) is 0 Å². The van der Waals surface area contributed by atoms with Crippen molar-refractivity contribution in [1.29, 1.82) is 0 Å². The van der Waals surface area contributed by atoms with E-state index >= 15 is 0 Å². The van der Waals surface area contributed by atoms with Crippen LogP contribution in [0.25, 0.3) is 11.1 Å². The molecular weight excluding hydrogens is 382 g/mol. The van der Waals surface area contributed by atoms with Crippen LogP contribution in [-0.4, -0.2) is 15.8 Å².